The minimum absolute atomic E-state index is 0.224. The zero-order chi connectivity index (χ0) is 15.4. The number of likely N-dealkylation sites (N-methyl/N-ethyl adjacent to an activating group) is 1. The summed E-state index contributed by atoms with van der Waals surface area (Å²) in [6, 6.07) is 6.87. The van der Waals surface area contributed by atoms with E-state index >= 15 is 0 Å². The molecular formula is C14H16ClF2N3O. The van der Waals surface area contributed by atoms with Gasteiger partial charge >= 0.3 is 6.55 Å². The normalized spacial score (nSPS) is 13.1. The second kappa shape index (κ2) is 6.98. The molecular weight excluding hydrogens is 300 g/mol. The van der Waals surface area contributed by atoms with Gasteiger partial charge in [-0.3, -0.25) is 9.47 Å². The first-order chi connectivity index (χ1) is 9.97. The number of nitrogens with zero attached hydrogens (tertiary/aromatic N) is 3. The summed E-state index contributed by atoms with van der Waals surface area (Å²) in [5, 5.41) is 10.7. The predicted molar refractivity (Wildman–Crippen MR) is 76.2 cm³/mol. The molecule has 114 valence electrons. The number of halogens is 3. The average Bonchev–Trinajstić information content (AvgIpc) is 2.87. The first-order valence-electron chi connectivity index (χ1n) is 6.39. The van der Waals surface area contributed by atoms with Crippen LogP contribution in [0.5, 0.6) is 0 Å². The van der Waals surface area contributed by atoms with Crippen LogP contribution in [0.4, 0.5) is 8.78 Å². The van der Waals surface area contributed by atoms with Gasteiger partial charge in [-0.15, -0.1) is 0 Å². The summed E-state index contributed by atoms with van der Waals surface area (Å²) in [6.07, 6.45) is 1.86. The highest BCUT2D eigenvalue weighted by molar-refractivity contribution is 6.30. The summed E-state index contributed by atoms with van der Waals surface area (Å²) < 4.78 is 26.2. The van der Waals surface area contributed by atoms with Gasteiger partial charge < -0.3 is 5.11 Å². The fourth-order valence-corrected chi connectivity index (χ4v) is 2.16. The quantitative estimate of drug-likeness (QED) is 0.890. The number of hydrogen-bond acceptors (Lipinski definition) is 3. The SMILES string of the molecule is CN(Cc1nccn1C(F)F)CC(O)c1ccc(Cl)cc1. The van der Waals surface area contributed by atoms with E-state index in [0.29, 0.717) is 11.6 Å². The van der Waals surface area contributed by atoms with E-state index in [2.05, 4.69) is 4.98 Å². The van der Waals surface area contributed by atoms with Crippen LogP contribution in [0.2, 0.25) is 5.02 Å². The van der Waals surface area contributed by atoms with Crippen LogP contribution in [0, 0.1) is 0 Å². The first kappa shape index (κ1) is 15.9. The Morgan fingerprint density at radius 3 is 2.62 bits per heavy atom. The summed E-state index contributed by atoms with van der Waals surface area (Å²) in [4.78, 5) is 5.65. The molecule has 0 aliphatic rings. The summed E-state index contributed by atoms with van der Waals surface area (Å²) in [5.41, 5.74) is 0.725. The molecule has 21 heavy (non-hydrogen) atoms. The Hall–Kier alpha value is -1.50. The third-order valence-corrected chi connectivity index (χ3v) is 3.36. The van der Waals surface area contributed by atoms with E-state index in [-0.39, 0.29) is 12.4 Å². The summed E-state index contributed by atoms with van der Waals surface area (Å²) >= 11 is 5.79. The van der Waals surface area contributed by atoms with Crippen LogP contribution in [0.25, 0.3) is 0 Å². The fraction of sp³-hybridized carbons (Fsp3) is 0.357. The molecule has 0 bridgehead atoms. The second-order valence-corrected chi connectivity index (χ2v) is 5.23. The van der Waals surface area contributed by atoms with E-state index in [4.69, 9.17) is 11.6 Å². The standard InChI is InChI=1S/C14H16ClF2N3O/c1-19(9-13-18-6-7-20(13)14(16)17)8-12(21)10-2-4-11(15)5-3-10/h2-7,12,14,21H,8-9H2,1H3. The Balaban J connectivity index is 1.96. The molecule has 0 aliphatic carbocycles. The number of hydrogen-bond donors (Lipinski definition) is 1. The van der Waals surface area contributed by atoms with Gasteiger partial charge in [-0.05, 0) is 24.7 Å². The lowest BCUT2D eigenvalue weighted by molar-refractivity contribution is 0.0624. The smallest absolute Gasteiger partial charge is 0.319 e. The van der Waals surface area contributed by atoms with Crippen molar-refractivity contribution in [2.45, 2.75) is 19.2 Å². The predicted octanol–water partition coefficient (Wildman–Crippen LogP) is 3.10. The lowest BCUT2D eigenvalue weighted by atomic mass is 10.1. The van der Waals surface area contributed by atoms with Crippen LogP contribution in [-0.4, -0.2) is 33.1 Å². The number of imidazole rings is 1. The molecule has 7 heteroatoms. The van der Waals surface area contributed by atoms with Crippen molar-refractivity contribution in [2.24, 2.45) is 0 Å². The molecule has 0 spiro atoms. The Morgan fingerprint density at radius 1 is 1.33 bits per heavy atom. The van der Waals surface area contributed by atoms with Gasteiger partial charge in [0.1, 0.15) is 5.82 Å². The average molecular weight is 316 g/mol. The van der Waals surface area contributed by atoms with Gasteiger partial charge in [0.05, 0.1) is 12.6 Å². The third-order valence-electron chi connectivity index (χ3n) is 3.11. The van der Waals surface area contributed by atoms with Crippen LogP contribution in [-0.2, 0) is 6.54 Å². The van der Waals surface area contributed by atoms with Crippen LogP contribution in [0.15, 0.2) is 36.7 Å². The van der Waals surface area contributed by atoms with Gasteiger partial charge in [0.25, 0.3) is 0 Å². The molecule has 1 heterocycles. The molecule has 4 nitrogen and oxygen atoms in total. The van der Waals surface area contributed by atoms with Crippen molar-refractivity contribution >= 4 is 11.6 Å². The summed E-state index contributed by atoms with van der Waals surface area (Å²) in [6.45, 7) is -2.09. The van der Waals surface area contributed by atoms with Gasteiger partial charge in [0.15, 0.2) is 0 Å². The summed E-state index contributed by atoms with van der Waals surface area (Å²) in [7, 11) is 1.74. The Kier molecular flexibility index (Phi) is 5.27. The number of alkyl halides is 2. The Bertz CT molecular complexity index is 574. The van der Waals surface area contributed by atoms with E-state index in [1.165, 1.54) is 12.4 Å². The van der Waals surface area contributed by atoms with Crippen molar-refractivity contribution in [1.82, 2.24) is 14.5 Å². The van der Waals surface area contributed by atoms with Gasteiger partial charge in [0, 0.05) is 24.0 Å². The molecule has 0 radical (unpaired) electrons. The molecule has 2 rings (SSSR count). The van der Waals surface area contributed by atoms with Crippen molar-refractivity contribution in [1.29, 1.82) is 0 Å². The highest BCUT2D eigenvalue weighted by Gasteiger charge is 2.15. The molecule has 1 atom stereocenters. The van der Waals surface area contributed by atoms with Crippen molar-refractivity contribution in [3.63, 3.8) is 0 Å². The largest absolute Gasteiger partial charge is 0.387 e. The number of rotatable bonds is 6. The van der Waals surface area contributed by atoms with Crippen molar-refractivity contribution in [3.8, 4) is 0 Å². The lowest BCUT2D eigenvalue weighted by Gasteiger charge is -2.21. The summed E-state index contributed by atoms with van der Waals surface area (Å²) in [5.74, 6) is 0.260. The second-order valence-electron chi connectivity index (χ2n) is 4.79. The van der Waals surface area contributed by atoms with E-state index in [9.17, 15) is 13.9 Å². The number of aromatic nitrogens is 2. The molecule has 1 N–H and O–H groups in total. The van der Waals surface area contributed by atoms with Crippen molar-refractivity contribution in [2.75, 3.05) is 13.6 Å². The molecule has 0 saturated heterocycles. The molecule has 0 saturated carbocycles. The van der Waals surface area contributed by atoms with E-state index in [1.54, 1.807) is 36.2 Å². The first-order valence-corrected chi connectivity index (χ1v) is 6.77. The maximum Gasteiger partial charge on any atom is 0.319 e. The maximum absolute atomic E-state index is 12.7. The lowest BCUT2D eigenvalue weighted by Crippen LogP contribution is -2.26. The minimum Gasteiger partial charge on any atom is -0.387 e. The van der Waals surface area contributed by atoms with Gasteiger partial charge in [-0.2, -0.15) is 8.78 Å². The van der Waals surface area contributed by atoms with Gasteiger partial charge in [-0.1, -0.05) is 23.7 Å². The van der Waals surface area contributed by atoms with E-state index in [0.717, 1.165) is 10.1 Å². The van der Waals surface area contributed by atoms with Crippen LogP contribution < -0.4 is 0 Å². The fourth-order valence-electron chi connectivity index (χ4n) is 2.04. The van der Waals surface area contributed by atoms with Crippen LogP contribution >= 0.6 is 11.6 Å². The third kappa shape index (κ3) is 4.23. The van der Waals surface area contributed by atoms with Crippen molar-refractivity contribution < 1.29 is 13.9 Å². The molecule has 2 aromatic rings. The number of aliphatic hydroxyl groups is 1. The molecule has 0 amide bonds. The minimum atomic E-state index is -2.61. The molecule has 1 aromatic carbocycles. The van der Waals surface area contributed by atoms with Crippen LogP contribution in [0.1, 0.15) is 24.0 Å². The van der Waals surface area contributed by atoms with Gasteiger partial charge in [-0.25, -0.2) is 4.98 Å². The highest BCUT2D eigenvalue weighted by Crippen LogP contribution is 2.18. The highest BCUT2D eigenvalue weighted by atomic mass is 35.5. The zero-order valence-electron chi connectivity index (χ0n) is 11.5. The topological polar surface area (TPSA) is 41.3 Å². The van der Waals surface area contributed by atoms with Crippen LogP contribution in [0.3, 0.4) is 0 Å². The molecule has 1 unspecified atom stereocenters. The molecule has 0 aliphatic heterocycles. The number of benzene rings is 1. The van der Waals surface area contributed by atoms with Crippen molar-refractivity contribution in [3.05, 3.63) is 53.1 Å². The van der Waals surface area contributed by atoms with E-state index in [1.807, 2.05) is 0 Å². The van der Waals surface area contributed by atoms with E-state index < -0.39 is 12.7 Å². The molecule has 1 aromatic heterocycles. The van der Waals surface area contributed by atoms with Gasteiger partial charge in [0.2, 0.25) is 0 Å². The Labute approximate surface area is 126 Å². The molecule has 0 fully saturated rings. The monoisotopic (exact) mass is 315 g/mol. The zero-order valence-corrected chi connectivity index (χ0v) is 12.2. The number of aliphatic hydroxyl groups excluding tert-OH is 1. The maximum atomic E-state index is 12.7. The Morgan fingerprint density at radius 2 is 2.00 bits per heavy atom.